The zero-order valence-electron chi connectivity index (χ0n) is 9.49. The highest BCUT2D eigenvalue weighted by molar-refractivity contribution is 5.00. The molecule has 1 heterocycles. The average molecular weight is 196 g/mol. The molecule has 1 atom stereocenters. The van der Waals surface area contributed by atoms with Crippen molar-refractivity contribution in [1.29, 1.82) is 0 Å². The van der Waals surface area contributed by atoms with E-state index in [4.69, 9.17) is 5.73 Å². The third-order valence-corrected chi connectivity index (χ3v) is 2.43. The first-order chi connectivity index (χ1) is 6.57. The number of aromatic nitrogens is 3. The summed E-state index contributed by atoms with van der Waals surface area (Å²) in [6.45, 7) is 9.27. The molecule has 0 radical (unpaired) electrons. The van der Waals surface area contributed by atoms with Gasteiger partial charge in [-0.2, -0.15) is 0 Å². The molecule has 0 fully saturated rings. The standard InChI is InChI=1S/C10H20N4/c1-5-6-14-8(4)12-13-10(14)9(11)7(2)3/h7,9H,5-6,11H2,1-4H3. The van der Waals surface area contributed by atoms with Crippen molar-refractivity contribution in [2.45, 2.75) is 46.7 Å². The van der Waals surface area contributed by atoms with Gasteiger partial charge in [0.15, 0.2) is 0 Å². The van der Waals surface area contributed by atoms with Crippen LogP contribution in [0.3, 0.4) is 0 Å². The van der Waals surface area contributed by atoms with Gasteiger partial charge >= 0.3 is 0 Å². The van der Waals surface area contributed by atoms with Crippen molar-refractivity contribution >= 4 is 0 Å². The van der Waals surface area contributed by atoms with Crippen molar-refractivity contribution < 1.29 is 0 Å². The predicted molar refractivity (Wildman–Crippen MR) is 56.8 cm³/mol. The van der Waals surface area contributed by atoms with E-state index in [1.165, 1.54) is 0 Å². The number of rotatable bonds is 4. The first-order valence-corrected chi connectivity index (χ1v) is 5.23. The van der Waals surface area contributed by atoms with Gasteiger partial charge in [-0.3, -0.25) is 0 Å². The van der Waals surface area contributed by atoms with Crippen LogP contribution in [-0.4, -0.2) is 14.8 Å². The topological polar surface area (TPSA) is 56.7 Å². The summed E-state index contributed by atoms with van der Waals surface area (Å²) in [6, 6.07) is -0.0113. The van der Waals surface area contributed by atoms with Gasteiger partial charge in [0.1, 0.15) is 11.6 Å². The lowest BCUT2D eigenvalue weighted by Gasteiger charge is -2.16. The van der Waals surface area contributed by atoms with E-state index < -0.39 is 0 Å². The minimum absolute atomic E-state index is 0.0113. The minimum Gasteiger partial charge on any atom is -0.321 e. The Bertz CT molecular complexity index is 290. The van der Waals surface area contributed by atoms with E-state index in [0.29, 0.717) is 5.92 Å². The maximum Gasteiger partial charge on any atom is 0.150 e. The van der Waals surface area contributed by atoms with Gasteiger partial charge in [0.05, 0.1) is 6.04 Å². The van der Waals surface area contributed by atoms with E-state index >= 15 is 0 Å². The van der Waals surface area contributed by atoms with Crippen LogP contribution in [0.2, 0.25) is 0 Å². The summed E-state index contributed by atoms with van der Waals surface area (Å²) in [7, 11) is 0. The number of nitrogens with zero attached hydrogens (tertiary/aromatic N) is 3. The van der Waals surface area contributed by atoms with Crippen LogP contribution in [0.5, 0.6) is 0 Å². The van der Waals surface area contributed by atoms with E-state index in [9.17, 15) is 0 Å². The highest BCUT2D eigenvalue weighted by Gasteiger charge is 2.18. The fourth-order valence-corrected chi connectivity index (χ4v) is 1.44. The molecule has 0 saturated carbocycles. The van der Waals surface area contributed by atoms with Crippen LogP contribution in [0.25, 0.3) is 0 Å². The van der Waals surface area contributed by atoms with E-state index in [1.54, 1.807) is 0 Å². The Morgan fingerprint density at radius 2 is 2.00 bits per heavy atom. The Morgan fingerprint density at radius 1 is 1.36 bits per heavy atom. The summed E-state index contributed by atoms with van der Waals surface area (Å²) in [4.78, 5) is 0. The smallest absolute Gasteiger partial charge is 0.150 e. The summed E-state index contributed by atoms with van der Waals surface area (Å²) in [6.07, 6.45) is 1.08. The van der Waals surface area contributed by atoms with Crippen LogP contribution in [0.4, 0.5) is 0 Å². The lowest BCUT2D eigenvalue weighted by molar-refractivity contribution is 0.461. The minimum atomic E-state index is -0.0113. The quantitative estimate of drug-likeness (QED) is 0.796. The largest absolute Gasteiger partial charge is 0.321 e. The van der Waals surface area contributed by atoms with E-state index in [1.807, 2.05) is 6.92 Å². The molecule has 0 aromatic carbocycles. The van der Waals surface area contributed by atoms with Crippen molar-refractivity contribution in [3.05, 3.63) is 11.6 Å². The lowest BCUT2D eigenvalue weighted by Crippen LogP contribution is -2.22. The molecule has 2 N–H and O–H groups in total. The third-order valence-electron chi connectivity index (χ3n) is 2.43. The molecule has 1 unspecified atom stereocenters. The first kappa shape index (κ1) is 11.2. The van der Waals surface area contributed by atoms with Crippen LogP contribution in [0, 0.1) is 12.8 Å². The molecular formula is C10H20N4. The van der Waals surface area contributed by atoms with Gasteiger partial charge in [-0.1, -0.05) is 20.8 Å². The SMILES string of the molecule is CCCn1c(C)nnc1C(N)C(C)C. The fourth-order valence-electron chi connectivity index (χ4n) is 1.44. The molecule has 0 amide bonds. The molecule has 0 aliphatic heterocycles. The molecule has 0 aliphatic carbocycles. The van der Waals surface area contributed by atoms with Crippen molar-refractivity contribution in [2.24, 2.45) is 11.7 Å². The number of nitrogens with two attached hydrogens (primary N) is 1. The molecule has 0 saturated heterocycles. The van der Waals surface area contributed by atoms with Gasteiger partial charge in [0.2, 0.25) is 0 Å². The summed E-state index contributed by atoms with van der Waals surface area (Å²) < 4.78 is 2.12. The summed E-state index contributed by atoms with van der Waals surface area (Å²) in [5, 5.41) is 8.22. The number of hydrogen-bond donors (Lipinski definition) is 1. The summed E-state index contributed by atoms with van der Waals surface area (Å²) in [5.41, 5.74) is 6.06. The second kappa shape index (κ2) is 4.55. The van der Waals surface area contributed by atoms with E-state index in [-0.39, 0.29) is 6.04 Å². The first-order valence-electron chi connectivity index (χ1n) is 5.23. The lowest BCUT2D eigenvalue weighted by atomic mass is 10.1. The van der Waals surface area contributed by atoms with Crippen molar-refractivity contribution in [2.75, 3.05) is 0 Å². The van der Waals surface area contributed by atoms with Gasteiger partial charge < -0.3 is 10.3 Å². The zero-order chi connectivity index (χ0) is 10.7. The van der Waals surface area contributed by atoms with Crippen LogP contribution < -0.4 is 5.73 Å². The Hall–Kier alpha value is -0.900. The second-order valence-corrected chi connectivity index (χ2v) is 4.03. The molecule has 4 nitrogen and oxygen atoms in total. The maximum absolute atomic E-state index is 6.06. The van der Waals surface area contributed by atoms with Crippen molar-refractivity contribution in [1.82, 2.24) is 14.8 Å². The van der Waals surface area contributed by atoms with Gasteiger partial charge in [-0.15, -0.1) is 10.2 Å². The molecule has 0 spiro atoms. The molecule has 0 aliphatic rings. The molecule has 1 aromatic heterocycles. The van der Waals surface area contributed by atoms with Gasteiger partial charge in [0.25, 0.3) is 0 Å². The van der Waals surface area contributed by atoms with Gasteiger partial charge in [-0.05, 0) is 19.3 Å². The molecule has 1 rings (SSSR count). The molecule has 1 aromatic rings. The van der Waals surface area contributed by atoms with Crippen LogP contribution >= 0.6 is 0 Å². The average Bonchev–Trinajstić information content (AvgIpc) is 2.48. The van der Waals surface area contributed by atoms with Gasteiger partial charge in [-0.25, -0.2) is 0 Å². The Morgan fingerprint density at radius 3 is 2.50 bits per heavy atom. The highest BCUT2D eigenvalue weighted by atomic mass is 15.3. The summed E-state index contributed by atoms with van der Waals surface area (Å²) in [5.74, 6) is 2.27. The Balaban J connectivity index is 2.96. The van der Waals surface area contributed by atoms with Crippen LogP contribution in [0.15, 0.2) is 0 Å². The van der Waals surface area contributed by atoms with Crippen molar-refractivity contribution in [3.8, 4) is 0 Å². The molecule has 4 heteroatoms. The number of aryl methyl sites for hydroxylation is 1. The summed E-state index contributed by atoms with van der Waals surface area (Å²) >= 11 is 0. The third kappa shape index (κ3) is 2.12. The fraction of sp³-hybridized carbons (Fsp3) is 0.800. The molecule has 80 valence electrons. The molecular weight excluding hydrogens is 176 g/mol. The van der Waals surface area contributed by atoms with E-state index in [2.05, 4.69) is 35.5 Å². The normalized spacial score (nSPS) is 13.6. The maximum atomic E-state index is 6.06. The molecule has 0 bridgehead atoms. The van der Waals surface area contributed by atoms with Crippen LogP contribution in [-0.2, 0) is 6.54 Å². The zero-order valence-corrected chi connectivity index (χ0v) is 9.49. The number of hydrogen-bond acceptors (Lipinski definition) is 3. The van der Waals surface area contributed by atoms with Crippen LogP contribution in [0.1, 0.15) is 44.9 Å². The Kier molecular flexibility index (Phi) is 3.63. The van der Waals surface area contributed by atoms with E-state index in [0.717, 1.165) is 24.6 Å². The van der Waals surface area contributed by atoms with Crippen molar-refractivity contribution in [3.63, 3.8) is 0 Å². The van der Waals surface area contributed by atoms with Gasteiger partial charge in [0, 0.05) is 6.54 Å². The Labute approximate surface area is 85.5 Å². The predicted octanol–water partition coefficient (Wildman–Crippen LogP) is 1.65. The molecule has 14 heavy (non-hydrogen) atoms. The highest BCUT2D eigenvalue weighted by Crippen LogP contribution is 2.17. The second-order valence-electron chi connectivity index (χ2n) is 4.03. The monoisotopic (exact) mass is 196 g/mol.